The van der Waals surface area contributed by atoms with Gasteiger partial charge in [0, 0.05) is 24.8 Å². The van der Waals surface area contributed by atoms with E-state index in [1.165, 1.54) is 19.1 Å². The van der Waals surface area contributed by atoms with Crippen LogP contribution in [0.4, 0.5) is 14.5 Å². The Kier molecular flexibility index (Phi) is 3.41. The van der Waals surface area contributed by atoms with Gasteiger partial charge in [-0.25, -0.2) is 8.78 Å². The third-order valence-electron chi connectivity index (χ3n) is 4.15. The van der Waals surface area contributed by atoms with Gasteiger partial charge in [0.05, 0.1) is 0 Å². The summed E-state index contributed by atoms with van der Waals surface area (Å²) in [7, 11) is 2.01. The lowest BCUT2D eigenvalue weighted by Crippen LogP contribution is -2.12. The summed E-state index contributed by atoms with van der Waals surface area (Å²) in [5.74, 6) is -1.87. The van der Waals surface area contributed by atoms with Gasteiger partial charge in [0.25, 0.3) is 0 Å². The molecule has 21 heavy (non-hydrogen) atoms. The predicted molar refractivity (Wildman–Crippen MR) is 78.6 cm³/mol. The number of likely N-dealkylation sites (N-methyl/N-ethyl adjacent to an activating group) is 1. The number of halogens is 2. The molecule has 1 aliphatic heterocycles. The van der Waals surface area contributed by atoms with Gasteiger partial charge in [0.1, 0.15) is 6.10 Å². The Balaban J connectivity index is 2.00. The molecule has 0 saturated heterocycles. The lowest BCUT2D eigenvalue weighted by Gasteiger charge is -2.16. The molecule has 2 aromatic carbocycles. The molecule has 3 rings (SSSR count). The van der Waals surface area contributed by atoms with Crippen molar-refractivity contribution >= 4 is 5.69 Å². The second-order valence-corrected chi connectivity index (χ2v) is 5.56. The van der Waals surface area contributed by atoms with Crippen molar-refractivity contribution in [2.75, 3.05) is 18.5 Å². The normalized spacial score (nSPS) is 15.2. The topological polar surface area (TPSA) is 23.5 Å². The summed E-state index contributed by atoms with van der Waals surface area (Å²) in [6.07, 6.45) is -0.256. The van der Waals surface area contributed by atoms with Crippen LogP contribution < -0.4 is 4.90 Å². The molecule has 0 aliphatic carbocycles. The van der Waals surface area contributed by atoms with E-state index in [4.69, 9.17) is 0 Å². The number of hydrogen-bond acceptors (Lipinski definition) is 2. The van der Waals surface area contributed by atoms with Crippen molar-refractivity contribution in [2.45, 2.75) is 19.4 Å². The summed E-state index contributed by atoms with van der Waals surface area (Å²) in [5, 5.41) is 10.4. The third kappa shape index (κ3) is 2.29. The second-order valence-electron chi connectivity index (χ2n) is 5.56. The van der Waals surface area contributed by atoms with Gasteiger partial charge in [-0.2, -0.15) is 0 Å². The van der Waals surface area contributed by atoms with Crippen LogP contribution in [0.25, 0.3) is 0 Å². The van der Waals surface area contributed by atoms with E-state index in [9.17, 15) is 13.9 Å². The quantitative estimate of drug-likeness (QED) is 0.916. The van der Waals surface area contributed by atoms with Crippen LogP contribution >= 0.6 is 0 Å². The molecule has 2 nitrogen and oxygen atoms in total. The highest BCUT2D eigenvalue weighted by Gasteiger charge is 2.22. The number of aryl methyl sites for hydroxylation is 1. The Morgan fingerprint density at radius 1 is 1.14 bits per heavy atom. The molecule has 0 saturated carbocycles. The molecular weight excluding hydrogens is 272 g/mol. The second kappa shape index (κ2) is 5.11. The van der Waals surface area contributed by atoms with Crippen molar-refractivity contribution in [1.82, 2.24) is 0 Å². The Morgan fingerprint density at radius 3 is 2.67 bits per heavy atom. The molecule has 1 aliphatic rings. The number of aliphatic hydroxyl groups is 1. The SMILES string of the molecule is Cc1ccc(C(O)c2ccc3c(c2)CCN3C)c(F)c1F. The Hall–Kier alpha value is -1.94. The minimum absolute atomic E-state index is 0.0237. The summed E-state index contributed by atoms with van der Waals surface area (Å²) in [6.45, 7) is 2.43. The summed E-state index contributed by atoms with van der Waals surface area (Å²) in [5.41, 5.74) is 3.05. The number of benzene rings is 2. The zero-order chi connectivity index (χ0) is 15.1. The molecule has 2 aromatic rings. The van der Waals surface area contributed by atoms with Gasteiger partial charge >= 0.3 is 0 Å². The van der Waals surface area contributed by atoms with E-state index in [0.717, 1.165) is 24.2 Å². The lowest BCUT2D eigenvalue weighted by atomic mass is 9.97. The number of rotatable bonds is 2. The first kappa shape index (κ1) is 14.0. The molecule has 1 heterocycles. The third-order valence-corrected chi connectivity index (χ3v) is 4.15. The van der Waals surface area contributed by atoms with Crippen molar-refractivity contribution in [3.63, 3.8) is 0 Å². The summed E-state index contributed by atoms with van der Waals surface area (Å²) in [6, 6.07) is 8.49. The molecule has 0 amide bonds. The fourth-order valence-electron chi connectivity index (χ4n) is 2.81. The van der Waals surface area contributed by atoms with E-state index in [2.05, 4.69) is 4.90 Å². The van der Waals surface area contributed by atoms with Crippen LogP contribution in [0.1, 0.15) is 28.4 Å². The predicted octanol–water partition coefficient (Wildman–Crippen LogP) is 3.35. The largest absolute Gasteiger partial charge is 0.384 e. The van der Waals surface area contributed by atoms with Crippen molar-refractivity contribution < 1.29 is 13.9 Å². The van der Waals surface area contributed by atoms with Crippen molar-refractivity contribution in [1.29, 1.82) is 0 Å². The maximum atomic E-state index is 14.0. The molecule has 4 heteroatoms. The maximum Gasteiger partial charge on any atom is 0.165 e. The van der Waals surface area contributed by atoms with E-state index in [1.54, 1.807) is 6.07 Å². The van der Waals surface area contributed by atoms with Gasteiger partial charge in [-0.1, -0.05) is 24.3 Å². The Bertz CT molecular complexity index is 699. The van der Waals surface area contributed by atoms with E-state index in [0.29, 0.717) is 5.56 Å². The first-order chi connectivity index (χ1) is 9.99. The molecule has 1 unspecified atom stereocenters. The standard InChI is InChI=1S/C17H17F2NO/c1-10-3-5-13(16(19)15(10)18)17(21)12-4-6-14-11(9-12)7-8-20(14)2/h3-6,9,17,21H,7-8H2,1-2H3. The highest BCUT2D eigenvalue weighted by molar-refractivity contribution is 5.59. The first-order valence-electron chi connectivity index (χ1n) is 6.95. The Morgan fingerprint density at radius 2 is 1.90 bits per heavy atom. The zero-order valence-corrected chi connectivity index (χ0v) is 12.0. The molecule has 0 radical (unpaired) electrons. The molecule has 0 spiro atoms. The van der Waals surface area contributed by atoms with Crippen LogP contribution in [0.5, 0.6) is 0 Å². The van der Waals surface area contributed by atoms with E-state index < -0.39 is 17.7 Å². The first-order valence-corrected chi connectivity index (χ1v) is 6.95. The number of anilines is 1. The van der Waals surface area contributed by atoms with Gasteiger partial charge in [0.2, 0.25) is 0 Å². The smallest absolute Gasteiger partial charge is 0.165 e. The van der Waals surface area contributed by atoms with Crippen LogP contribution in [0, 0.1) is 18.6 Å². The van der Waals surface area contributed by atoms with Crippen LogP contribution in [0.15, 0.2) is 30.3 Å². The van der Waals surface area contributed by atoms with Gasteiger partial charge in [-0.15, -0.1) is 0 Å². The van der Waals surface area contributed by atoms with Gasteiger partial charge in [-0.3, -0.25) is 0 Å². The zero-order valence-electron chi connectivity index (χ0n) is 12.0. The fourth-order valence-corrected chi connectivity index (χ4v) is 2.81. The molecule has 1 atom stereocenters. The van der Waals surface area contributed by atoms with Crippen LogP contribution in [0.3, 0.4) is 0 Å². The Labute approximate surface area is 122 Å². The van der Waals surface area contributed by atoms with Gasteiger partial charge in [-0.05, 0) is 36.1 Å². The number of fused-ring (bicyclic) bond motifs is 1. The van der Waals surface area contributed by atoms with Crippen LogP contribution in [0.2, 0.25) is 0 Å². The lowest BCUT2D eigenvalue weighted by molar-refractivity contribution is 0.213. The van der Waals surface area contributed by atoms with E-state index in [1.807, 2.05) is 19.2 Å². The minimum atomic E-state index is -1.16. The minimum Gasteiger partial charge on any atom is -0.384 e. The number of nitrogens with zero attached hydrogens (tertiary/aromatic N) is 1. The van der Waals surface area contributed by atoms with E-state index in [-0.39, 0.29) is 11.1 Å². The number of hydrogen-bond donors (Lipinski definition) is 1. The highest BCUT2D eigenvalue weighted by Crippen LogP contribution is 2.32. The molecule has 1 N–H and O–H groups in total. The van der Waals surface area contributed by atoms with Crippen LogP contribution in [-0.2, 0) is 6.42 Å². The molecular formula is C17H17F2NO. The fraction of sp³-hybridized carbons (Fsp3) is 0.294. The summed E-state index contributed by atoms with van der Waals surface area (Å²) >= 11 is 0. The van der Waals surface area contributed by atoms with Gasteiger partial charge < -0.3 is 10.0 Å². The molecule has 0 bridgehead atoms. The maximum absolute atomic E-state index is 14.0. The average Bonchev–Trinajstić information content (AvgIpc) is 2.85. The van der Waals surface area contributed by atoms with Crippen molar-refractivity contribution in [3.05, 3.63) is 64.2 Å². The highest BCUT2D eigenvalue weighted by atomic mass is 19.2. The van der Waals surface area contributed by atoms with Crippen molar-refractivity contribution in [2.24, 2.45) is 0 Å². The monoisotopic (exact) mass is 289 g/mol. The van der Waals surface area contributed by atoms with Crippen LogP contribution in [-0.4, -0.2) is 18.7 Å². The van der Waals surface area contributed by atoms with Gasteiger partial charge in [0.15, 0.2) is 11.6 Å². The van der Waals surface area contributed by atoms with E-state index >= 15 is 0 Å². The number of aliphatic hydroxyl groups excluding tert-OH is 1. The molecule has 0 aromatic heterocycles. The summed E-state index contributed by atoms with van der Waals surface area (Å²) < 4.78 is 27.6. The molecule has 110 valence electrons. The summed E-state index contributed by atoms with van der Waals surface area (Å²) in [4.78, 5) is 2.14. The van der Waals surface area contributed by atoms with Crippen molar-refractivity contribution in [3.8, 4) is 0 Å². The molecule has 0 fully saturated rings. The average molecular weight is 289 g/mol.